The van der Waals surface area contributed by atoms with Gasteiger partial charge >= 0.3 is 0 Å². The van der Waals surface area contributed by atoms with Gasteiger partial charge in [-0.3, -0.25) is 4.79 Å². The molecule has 0 aliphatic carbocycles. The van der Waals surface area contributed by atoms with Crippen LogP contribution >= 0.6 is 0 Å². The molecule has 27 heavy (non-hydrogen) atoms. The highest BCUT2D eigenvalue weighted by Gasteiger charge is 2.19. The van der Waals surface area contributed by atoms with Crippen molar-refractivity contribution in [3.05, 3.63) is 102 Å². The molecule has 1 N–H and O–H groups in total. The molecule has 4 aromatic rings. The molecule has 1 amide bonds. The van der Waals surface area contributed by atoms with Gasteiger partial charge in [-0.15, -0.1) is 0 Å². The molecule has 3 aromatic carbocycles. The first-order chi connectivity index (χ1) is 13.2. The van der Waals surface area contributed by atoms with Crippen LogP contribution in [0.25, 0.3) is 11.0 Å². The highest BCUT2D eigenvalue weighted by atomic mass is 16.1. The topological polar surface area (TPSA) is 46.9 Å². The number of hydrogen-bond acceptors (Lipinski definition) is 2. The van der Waals surface area contributed by atoms with Gasteiger partial charge in [0.2, 0.25) is 0 Å². The van der Waals surface area contributed by atoms with Crippen LogP contribution < -0.4 is 5.32 Å². The van der Waals surface area contributed by atoms with Crippen LogP contribution in [0.4, 0.5) is 0 Å². The average Bonchev–Trinajstić information content (AvgIpc) is 3.04. The molecule has 0 fully saturated rings. The molecule has 1 atom stereocenters. The van der Waals surface area contributed by atoms with E-state index in [2.05, 4.69) is 16.0 Å². The van der Waals surface area contributed by atoms with Crippen LogP contribution in [-0.4, -0.2) is 15.5 Å². The number of aromatic nitrogens is 2. The van der Waals surface area contributed by atoms with E-state index in [0.717, 1.165) is 22.4 Å². The third kappa shape index (κ3) is 3.60. The summed E-state index contributed by atoms with van der Waals surface area (Å²) in [7, 11) is 2.02. The SMILES string of the molecule is Cn1c(C[C@@H](NC(=O)c2ccccc2)c2ccccc2)nc2ccccc21. The van der Waals surface area contributed by atoms with Crippen LogP contribution in [-0.2, 0) is 13.5 Å². The molecule has 0 saturated heterocycles. The molecule has 1 heterocycles. The molecule has 0 saturated carbocycles. The number of aryl methyl sites for hydroxylation is 1. The number of nitrogens with one attached hydrogen (secondary N) is 1. The van der Waals surface area contributed by atoms with Crippen LogP contribution in [0.5, 0.6) is 0 Å². The maximum absolute atomic E-state index is 12.7. The molecule has 4 rings (SSSR count). The van der Waals surface area contributed by atoms with E-state index in [1.165, 1.54) is 0 Å². The highest BCUT2D eigenvalue weighted by Crippen LogP contribution is 2.22. The Hall–Kier alpha value is -3.40. The zero-order valence-electron chi connectivity index (χ0n) is 15.2. The lowest BCUT2D eigenvalue weighted by Crippen LogP contribution is -2.30. The first-order valence-corrected chi connectivity index (χ1v) is 9.03. The van der Waals surface area contributed by atoms with E-state index in [4.69, 9.17) is 4.98 Å². The Balaban J connectivity index is 1.66. The van der Waals surface area contributed by atoms with Crippen LogP contribution in [0.1, 0.15) is 27.8 Å². The lowest BCUT2D eigenvalue weighted by molar-refractivity contribution is 0.0936. The summed E-state index contributed by atoms with van der Waals surface area (Å²) >= 11 is 0. The van der Waals surface area contributed by atoms with Gasteiger partial charge in [0.15, 0.2) is 0 Å². The zero-order valence-corrected chi connectivity index (χ0v) is 15.2. The molecule has 134 valence electrons. The maximum atomic E-state index is 12.7. The number of rotatable bonds is 5. The Morgan fingerprint density at radius 1 is 0.926 bits per heavy atom. The molecule has 4 nitrogen and oxygen atoms in total. The van der Waals surface area contributed by atoms with Gasteiger partial charge in [-0.25, -0.2) is 4.98 Å². The van der Waals surface area contributed by atoms with Crippen molar-refractivity contribution in [3.63, 3.8) is 0 Å². The molecular weight excluding hydrogens is 334 g/mol. The molecule has 0 aliphatic heterocycles. The number of imidazole rings is 1. The van der Waals surface area contributed by atoms with Gasteiger partial charge in [-0.05, 0) is 29.8 Å². The van der Waals surface area contributed by atoms with Crippen molar-refractivity contribution in [3.8, 4) is 0 Å². The summed E-state index contributed by atoms with van der Waals surface area (Å²) in [6.07, 6.45) is 0.619. The molecule has 0 unspecified atom stereocenters. The molecule has 0 bridgehead atoms. The Morgan fingerprint density at radius 3 is 2.26 bits per heavy atom. The fraction of sp³-hybridized carbons (Fsp3) is 0.130. The van der Waals surface area contributed by atoms with Crippen molar-refractivity contribution in [2.75, 3.05) is 0 Å². The van der Waals surface area contributed by atoms with Gasteiger partial charge in [0.25, 0.3) is 5.91 Å². The van der Waals surface area contributed by atoms with Crippen LogP contribution in [0.3, 0.4) is 0 Å². The standard InChI is InChI=1S/C23H21N3O/c1-26-21-15-9-8-14-19(21)24-22(26)16-20(17-10-4-2-5-11-17)25-23(27)18-12-6-3-7-13-18/h2-15,20H,16H2,1H3,(H,25,27)/t20-/m1/s1. The third-order valence-corrected chi connectivity index (χ3v) is 4.81. The summed E-state index contributed by atoms with van der Waals surface area (Å²) in [5, 5.41) is 3.18. The Labute approximate surface area is 158 Å². The van der Waals surface area contributed by atoms with Gasteiger partial charge in [-0.2, -0.15) is 0 Å². The quantitative estimate of drug-likeness (QED) is 0.581. The van der Waals surface area contributed by atoms with Gasteiger partial charge in [0.05, 0.1) is 17.1 Å². The summed E-state index contributed by atoms with van der Waals surface area (Å²) in [5.74, 6) is 0.863. The largest absolute Gasteiger partial charge is 0.345 e. The van der Waals surface area contributed by atoms with E-state index in [-0.39, 0.29) is 11.9 Å². The normalized spacial score (nSPS) is 12.0. The number of amides is 1. The van der Waals surface area contributed by atoms with Crippen molar-refractivity contribution in [2.24, 2.45) is 7.05 Å². The second-order valence-corrected chi connectivity index (χ2v) is 6.58. The number of carbonyl (C=O) groups is 1. The Morgan fingerprint density at radius 2 is 1.56 bits per heavy atom. The summed E-state index contributed by atoms with van der Waals surface area (Å²) in [6.45, 7) is 0. The summed E-state index contributed by atoms with van der Waals surface area (Å²) in [5.41, 5.74) is 3.78. The minimum absolute atomic E-state index is 0.0804. The number of para-hydroxylation sites is 2. The number of nitrogens with zero attached hydrogens (tertiary/aromatic N) is 2. The van der Waals surface area contributed by atoms with Crippen molar-refractivity contribution in [2.45, 2.75) is 12.5 Å². The Bertz CT molecular complexity index is 1050. The lowest BCUT2D eigenvalue weighted by atomic mass is 10.0. The van der Waals surface area contributed by atoms with Gasteiger partial charge < -0.3 is 9.88 Å². The summed E-state index contributed by atoms with van der Waals surface area (Å²) < 4.78 is 2.10. The van der Waals surface area contributed by atoms with E-state index in [0.29, 0.717) is 12.0 Å². The van der Waals surface area contributed by atoms with Crippen molar-refractivity contribution in [1.29, 1.82) is 0 Å². The minimum Gasteiger partial charge on any atom is -0.345 e. The number of hydrogen-bond donors (Lipinski definition) is 1. The van der Waals surface area contributed by atoms with E-state index < -0.39 is 0 Å². The van der Waals surface area contributed by atoms with E-state index in [1.807, 2.05) is 85.9 Å². The molecule has 0 spiro atoms. The zero-order chi connectivity index (χ0) is 18.6. The van der Waals surface area contributed by atoms with E-state index >= 15 is 0 Å². The highest BCUT2D eigenvalue weighted by molar-refractivity contribution is 5.94. The number of benzene rings is 3. The van der Waals surface area contributed by atoms with Crippen molar-refractivity contribution in [1.82, 2.24) is 14.9 Å². The second-order valence-electron chi connectivity index (χ2n) is 6.58. The Kier molecular flexibility index (Phi) is 4.71. The molecule has 0 radical (unpaired) electrons. The fourth-order valence-corrected chi connectivity index (χ4v) is 3.33. The van der Waals surface area contributed by atoms with Crippen molar-refractivity contribution < 1.29 is 4.79 Å². The van der Waals surface area contributed by atoms with Gasteiger partial charge in [0, 0.05) is 19.0 Å². The smallest absolute Gasteiger partial charge is 0.251 e. The lowest BCUT2D eigenvalue weighted by Gasteiger charge is -2.19. The summed E-state index contributed by atoms with van der Waals surface area (Å²) in [4.78, 5) is 17.5. The second kappa shape index (κ2) is 7.46. The minimum atomic E-state index is -0.158. The van der Waals surface area contributed by atoms with Crippen molar-refractivity contribution >= 4 is 16.9 Å². The van der Waals surface area contributed by atoms with E-state index in [9.17, 15) is 4.79 Å². The fourth-order valence-electron chi connectivity index (χ4n) is 3.33. The average molecular weight is 355 g/mol. The summed E-state index contributed by atoms with van der Waals surface area (Å²) in [6, 6.07) is 27.3. The van der Waals surface area contributed by atoms with Gasteiger partial charge in [-0.1, -0.05) is 60.7 Å². The maximum Gasteiger partial charge on any atom is 0.251 e. The molecular formula is C23H21N3O. The predicted molar refractivity (Wildman–Crippen MR) is 108 cm³/mol. The number of carbonyl (C=O) groups excluding carboxylic acids is 1. The molecule has 4 heteroatoms. The van der Waals surface area contributed by atoms with Crippen LogP contribution in [0.2, 0.25) is 0 Å². The molecule has 1 aromatic heterocycles. The molecule has 0 aliphatic rings. The third-order valence-electron chi connectivity index (χ3n) is 4.81. The van der Waals surface area contributed by atoms with Crippen LogP contribution in [0.15, 0.2) is 84.9 Å². The first kappa shape index (κ1) is 17.0. The van der Waals surface area contributed by atoms with Gasteiger partial charge in [0.1, 0.15) is 5.82 Å². The monoisotopic (exact) mass is 355 g/mol. The predicted octanol–water partition coefficient (Wildman–Crippen LogP) is 4.29. The number of fused-ring (bicyclic) bond motifs is 1. The van der Waals surface area contributed by atoms with E-state index in [1.54, 1.807) is 0 Å². The van der Waals surface area contributed by atoms with Crippen LogP contribution in [0, 0.1) is 0 Å². The first-order valence-electron chi connectivity index (χ1n) is 9.03.